The number of carbonyl (C=O) groups excluding carboxylic acids is 1. The van der Waals surface area contributed by atoms with Crippen LogP contribution >= 0.6 is 0 Å². The lowest BCUT2D eigenvalue weighted by Crippen LogP contribution is -2.31. The van der Waals surface area contributed by atoms with Crippen LogP contribution in [-0.2, 0) is 0 Å². The Hall–Kier alpha value is -3.93. The molecule has 4 rings (SSSR count). The molecule has 0 fully saturated rings. The summed E-state index contributed by atoms with van der Waals surface area (Å²) in [4.78, 5) is 26.2. The Labute approximate surface area is 179 Å². The molecule has 0 aliphatic carbocycles. The van der Waals surface area contributed by atoms with Crippen LogP contribution < -0.4 is 15.0 Å². The number of nitrogens with zero attached hydrogens (tertiary/aromatic N) is 2. The van der Waals surface area contributed by atoms with Gasteiger partial charge >= 0.3 is 0 Å². The van der Waals surface area contributed by atoms with Crippen molar-refractivity contribution in [3.8, 4) is 22.8 Å². The van der Waals surface area contributed by atoms with Crippen molar-refractivity contribution in [3.63, 3.8) is 0 Å². The Morgan fingerprint density at radius 1 is 0.871 bits per heavy atom. The van der Waals surface area contributed by atoms with E-state index in [9.17, 15) is 9.59 Å². The van der Waals surface area contributed by atoms with Crippen LogP contribution in [0.4, 0.5) is 0 Å². The summed E-state index contributed by atoms with van der Waals surface area (Å²) in [7, 11) is 3.14. The summed E-state index contributed by atoms with van der Waals surface area (Å²) < 4.78 is 12.0. The van der Waals surface area contributed by atoms with Crippen molar-refractivity contribution < 1.29 is 14.3 Å². The SMILES string of the molecule is COc1ccc(-c2nn(C(C)C(=O)c3ccccc3)c(=O)c3ccccc23)cc1OC. The third-order valence-electron chi connectivity index (χ3n) is 5.29. The molecule has 0 saturated carbocycles. The predicted octanol–water partition coefficient (Wildman–Crippen LogP) is 4.52. The van der Waals surface area contributed by atoms with Crippen LogP contribution in [0.25, 0.3) is 22.0 Å². The number of rotatable bonds is 6. The van der Waals surface area contributed by atoms with Crippen molar-refractivity contribution in [2.45, 2.75) is 13.0 Å². The van der Waals surface area contributed by atoms with E-state index in [0.717, 1.165) is 5.56 Å². The van der Waals surface area contributed by atoms with E-state index in [-0.39, 0.29) is 11.3 Å². The normalized spacial score (nSPS) is 11.8. The molecule has 0 saturated heterocycles. The van der Waals surface area contributed by atoms with Gasteiger partial charge in [0.15, 0.2) is 17.3 Å². The van der Waals surface area contributed by atoms with Crippen LogP contribution in [0.15, 0.2) is 77.6 Å². The Morgan fingerprint density at radius 3 is 2.19 bits per heavy atom. The van der Waals surface area contributed by atoms with E-state index < -0.39 is 6.04 Å². The highest BCUT2D eigenvalue weighted by Crippen LogP contribution is 2.34. The van der Waals surface area contributed by atoms with Crippen molar-refractivity contribution in [2.24, 2.45) is 0 Å². The van der Waals surface area contributed by atoms with Crippen LogP contribution in [0.3, 0.4) is 0 Å². The quantitative estimate of drug-likeness (QED) is 0.434. The summed E-state index contributed by atoms with van der Waals surface area (Å²) in [6.45, 7) is 1.69. The second-order valence-corrected chi connectivity index (χ2v) is 7.12. The number of aromatic nitrogens is 2. The molecule has 0 radical (unpaired) electrons. The summed E-state index contributed by atoms with van der Waals surface area (Å²) in [5.41, 5.74) is 1.56. The van der Waals surface area contributed by atoms with Crippen LogP contribution in [0.2, 0.25) is 0 Å². The number of carbonyl (C=O) groups is 1. The molecule has 1 atom stereocenters. The number of hydrogen-bond acceptors (Lipinski definition) is 5. The van der Waals surface area contributed by atoms with Gasteiger partial charge in [-0.25, -0.2) is 4.68 Å². The zero-order valence-electron chi connectivity index (χ0n) is 17.5. The molecule has 31 heavy (non-hydrogen) atoms. The first-order valence-electron chi connectivity index (χ1n) is 9.88. The molecular weight excluding hydrogens is 392 g/mol. The Kier molecular flexibility index (Phi) is 5.54. The first kappa shape index (κ1) is 20.3. The molecule has 4 aromatic rings. The molecule has 0 aliphatic rings. The summed E-state index contributed by atoms with van der Waals surface area (Å²) >= 11 is 0. The molecule has 0 aliphatic heterocycles. The number of ether oxygens (including phenoxy) is 2. The Balaban J connectivity index is 1.92. The maximum Gasteiger partial charge on any atom is 0.275 e. The third kappa shape index (κ3) is 3.68. The lowest BCUT2D eigenvalue weighted by atomic mass is 10.0. The largest absolute Gasteiger partial charge is 0.493 e. The minimum Gasteiger partial charge on any atom is -0.493 e. The monoisotopic (exact) mass is 414 g/mol. The second kappa shape index (κ2) is 8.44. The van der Waals surface area contributed by atoms with E-state index in [4.69, 9.17) is 9.47 Å². The van der Waals surface area contributed by atoms with Gasteiger partial charge in [0.2, 0.25) is 0 Å². The van der Waals surface area contributed by atoms with Gasteiger partial charge in [0.25, 0.3) is 5.56 Å². The van der Waals surface area contributed by atoms with Gasteiger partial charge in [-0.2, -0.15) is 5.10 Å². The Morgan fingerprint density at radius 2 is 1.52 bits per heavy atom. The highest BCUT2D eigenvalue weighted by atomic mass is 16.5. The Bertz CT molecular complexity index is 1310. The van der Waals surface area contributed by atoms with Crippen molar-refractivity contribution in [2.75, 3.05) is 14.2 Å². The average Bonchev–Trinajstić information content (AvgIpc) is 2.83. The highest BCUT2D eigenvalue weighted by molar-refractivity contribution is 5.99. The van der Waals surface area contributed by atoms with Crippen LogP contribution in [0.1, 0.15) is 23.3 Å². The number of ketones is 1. The molecular formula is C25H22N2O4. The summed E-state index contributed by atoms with van der Waals surface area (Å²) in [6.07, 6.45) is 0. The van der Waals surface area contributed by atoms with Crippen LogP contribution in [0, 0.1) is 0 Å². The summed E-state index contributed by atoms with van der Waals surface area (Å²) in [5, 5.41) is 5.83. The fourth-order valence-corrected chi connectivity index (χ4v) is 3.62. The summed E-state index contributed by atoms with van der Waals surface area (Å²) in [5.74, 6) is 0.970. The van der Waals surface area contributed by atoms with Crippen molar-refractivity contribution in [1.29, 1.82) is 0 Å². The summed E-state index contributed by atoms with van der Waals surface area (Å²) in [6, 6.07) is 20.9. The van der Waals surface area contributed by atoms with E-state index >= 15 is 0 Å². The second-order valence-electron chi connectivity index (χ2n) is 7.12. The smallest absolute Gasteiger partial charge is 0.275 e. The highest BCUT2D eigenvalue weighted by Gasteiger charge is 2.22. The van der Waals surface area contributed by atoms with Gasteiger partial charge in [0.05, 0.1) is 25.3 Å². The first-order valence-corrected chi connectivity index (χ1v) is 9.88. The molecule has 3 aromatic carbocycles. The minimum absolute atomic E-state index is 0.177. The molecule has 0 spiro atoms. The third-order valence-corrected chi connectivity index (χ3v) is 5.29. The number of benzene rings is 3. The number of hydrogen-bond donors (Lipinski definition) is 0. The van der Waals surface area contributed by atoms with E-state index in [1.807, 2.05) is 30.3 Å². The first-order chi connectivity index (χ1) is 15.0. The number of methoxy groups -OCH3 is 2. The molecule has 0 amide bonds. The average molecular weight is 414 g/mol. The minimum atomic E-state index is -0.765. The van der Waals surface area contributed by atoms with Gasteiger partial charge in [-0.05, 0) is 31.2 Å². The number of Topliss-reactive ketones (excluding diaryl/α,β-unsaturated/α-hetero) is 1. The number of fused-ring (bicyclic) bond motifs is 1. The van der Waals surface area contributed by atoms with E-state index in [1.54, 1.807) is 63.6 Å². The standard InChI is InChI=1S/C25H22N2O4/c1-16(24(28)17-9-5-4-6-10-17)27-25(29)20-12-8-7-11-19(20)23(26-27)18-13-14-21(30-2)22(15-18)31-3/h4-16H,1-3H3. The van der Waals surface area contributed by atoms with Gasteiger partial charge in [0, 0.05) is 16.5 Å². The predicted molar refractivity (Wildman–Crippen MR) is 120 cm³/mol. The lowest BCUT2D eigenvalue weighted by Gasteiger charge is -2.17. The topological polar surface area (TPSA) is 70.4 Å². The molecule has 156 valence electrons. The van der Waals surface area contributed by atoms with Crippen LogP contribution in [-0.4, -0.2) is 29.8 Å². The van der Waals surface area contributed by atoms with E-state index in [2.05, 4.69) is 5.10 Å². The van der Waals surface area contributed by atoms with Crippen molar-refractivity contribution in [3.05, 3.63) is 88.7 Å². The maximum atomic E-state index is 13.2. The zero-order chi connectivity index (χ0) is 22.0. The van der Waals surface area contributed by atoms with Gasteiger partial charge < -0.3 is 9.47 Å². The van der Waals surface area contributed by atoms with Crippen molar-refractivity contribution in [1.82, 2.24) is 9.78 Å². The van der Waals surface area contributed by atoms with E-state index in [1.165, 1.54) is 4.68 Å². The van der Waals surface area contributed by atoms with Gasteiger partial charge in [-0.15, -0.1) is 0 Å². The van der Waals surface area contributed by atoms with Crippen molar-refractivity contribution >= 4 is 16.6 Å². The van der Waals surface area contributed by atoms with Gasteiger partial charge in [0.1, 0.15) is 6.04 Å². The zero-order valence-corrected chi connectivity index (χ0v) is 17.5. The fourth-order valence-electron chi connectivity index (χ4n) is 3.62. The molecule has 0 bridgehead atoms. The fraction of sp³-hybridized carbons (Fsp3) is 0.160. The van der Waals surface area contributed by atoms with E-state index in [0.29, 0.717) is 33.5 Å². The molecule has 1 heterocycles. The molecule has 6 nitrogen and oxygen atoms in total. The molecule has 0 N–H and O–H groups in total. The maximum absolute atomic E-state index is 13.2. The van der Waals surface area contributed by atoms with Gasteiger partial charge in [-0.1, -0.05) is 48.5 Å². The molecule has 1 aromatic heterocycles. The van der Waals surface area contributed by atoms with Crippen LogP contribution in [0.5, 0.6) is 11.5 Å². The molecule has 6 heteroatoms. The molecule has 1 unspecified atom stereocenters. The lowest BCUT2D eigenvalue weighted by molar-refractivity contribution is 0.0925. The van der Waals surface area contributed by atoms with Gasteiger partial charge in [-0.3, -0.25) is 9.59 Å².